The fourth-order valence-corrected chi connectivity index (χ4v) is 10.4. The van der Waals surface area contributed by atoms with E-state index in [1.165, 1.54) is 131 Å². The third-order valence-corrected chi connectivity index (χ3v) is 13.1. The second kappa shape index (κ2) is 12.9. The first-order valence-electron chi connectivity index (χ1n) is 20.9. The fourth-order valence-electron chi connectivity index (χ4n) is 10.4. The Bertz CT molecular complexity index is 3200. The molecular weight excluding hydrogens is 721 g/mol. The van der Waals surface area contributed by atoms with Gasteiger partial charge in [0.1, 0.15) is 0 Å². The predicted molar refractivity (Wildman–Crippen MR) is 258 cm³/mol. The van der Waals surface area contributed by atoms with Gasteiger partial charge in [-0.25, -0.2) is 0 Å². The van der Waals surface area contributed by atoms with Gasteiger partial charge in [-0.05, 0) is 180 Å². The molecule has 0 spiro atoms. The molecule has 0 saturated heterocycles. The standard InChI is InChI=1S/C60H36/c1-5-17-37(18-6-1)57-45-25-13-14-26-46(45)58(38-19-7-2-8-20-38)54-34-42-30-50-49(29-41(42)33-53(54)57)51-31-43-35-55-56(36-44(43)32-52(50)51)60(40-23-11-4-12-24-40)48-28-16-15-27-47(48)59(55)39-21-9-3-10-22-39/h1-36H. The molecule has 12 aromatic rings. The van der Waals surface area contributed by atoms with Gasteiger partial charge in [0.25, 0.3) is 0 Å². The minimum absolute atomic E-state index is 1.24. The molecule has 0 aliphatic heterocycles. The number of benzene rings is 12. The van der Waals surface area contributed by atoms with Crippen molar-refractivity contribution in [2.24, 2.45) is 0 Å². The number of hydrogen-bond donors (Lipinski definition) is 0. The zero-order chi connectivity index (χ0) is 39.3. The van der Waals surface area contributed by atoms with Crippen LogP contribution < -0.4 is 0 Å². The molecule has 13 rings (SSSR count). The van der Waals surface area contributed by atoms with Gasteiger partial charge in [-0.1, -0.05) is 170 Å². The SMILES string of the molecule is c1ccc(-c2c3ccccc3c(-c3ccccc3)c3cc4cc5c(cc4cc23)-c2cc3cc4c(-c6ccccc6)c6ccccc6c(-c6ccccc6)c4cc3cc2-5)cc1. The Hall–Kier alpha value is -7.80. The van der Waals surface area contributed by atoms with E-state index in [2.05, 4.69) is 218 Å². The zero-order valence-corrected chi connectivity index (χ0v) is 32.8. The van der Waals surface area contributed by atoms with Crippen molar-refractivity contribution < 1.29 is 0 Å². The number of rotatable bonds is 4. The topological polar surface area (TPSA) is 0 Å². The molecule has 0 nitrogen and oxygen atoms in total. The summed E-state index contributed by atoms with van der Waals surface area (Å²) < 4.78 is 0. The van der Waals surface area contributed by atoms with Gasteiger partial charge in [0.05, 0.1) is 0 Å². The highest BCUT2D eigenvalue weighted by Gasteiger charge is 2.26. The Morgan fingerprint density at radius 2 is 0.367 bits per heavy atom. The highest BCUT2D eigenvalue weighted by atomic mass is 14.3. The molecule has 0 N–H and O–H groups in total. The van der Waals surface area contributed by atoms with E-state index in [0.29, 0.717) is 0 Å². The maximum absolute atomic E-state index is 2.46. The van der Waals surface area contributed by atoms with Crippen LogP contribution in [0.5, 0.6) is 0 Å². The van der Waals surface area contributed by atoms with E-state index in [0.717, 1.165) is 0 Å². The van der Waals surface area contributed by atoms with E-state index in [9.17, 15) is 0 Å². The molecule has 0 heterocycles. The zero-order valence-electron chi connectivity index (χ0n) is 32.8. The van der Waals surface area contributed by atoms with Gasteiger partial charge in [-0.15, -0.1) is 0 Å². The van der Waals surface area contributed by atoms with Crippen LogP contribution >= 0.6 is 0 Å². The molecule has 0 bridgehead atoms. The maximum atomic E-state index is 2.46. The quantitative estimate of drug-likeness (QED) is 0.157. The second-order valence-corrected chi connectivity index (χ2v) is 16.3. The molecule has 60 heavy (non-hydrogen) atoms. The lowest BCUT2D eigenvalue weighted by Crippen LogP contribution is -2.00. The lowest BCUT2D eigenvalue weighted by Gasteiger charge is -2.27. The van der Waals surface area contributed by atoms with E-state index in [-0.39, 0.29) is 0 Å². The van der Waals surface area contributed by atoms with Crippen molar-refractivity contribution in [3.05, 3.63) is 218 Å². The summed E-state index contributed by atoms with van der Waals surface area (Å²) in [4.78, 5) is 0. The van der Waals surface area contributed by atoms with Gasteiger partial charge in [0.15, 0.2) is 0 Å². The largest absolute Gasteiger partial charge is 0.0622 e. The first-order valence-corrected chi connectivity index (χ1v) is 20.9. The van der Waals surface area contributed by atoms with Crippen LogP contribution in [0, 0.1) is 0 Å². The van der Waals surface area contributed by atoms with Crippen molar-refractivity contribution in [3.8, 4) is 66.8 Å². The van der Waals surface area contributed by atoms with Crippen LogP contribution in [-0.4, -0.2) is 0 Å². The van der Waals surface area contributed by atoms with Crippen LogP contribution in [0.1, 0.15) is 0 Å². The minimum Gasteiger partial charge on any atom is -0.0622 e. The second-order valence-electron chi connectivity index (χ2n) is 16.3. The summed E-state index contributed by atoms with van der Waals surface area (Å²) in [5.41, 5.74) is 15.4. The van der Waals surface area contributed by atoms with E-state index in [1.807, 2.05) is 0 Å². The van der Waals surface area contributed by atoms with Crippen LogP contribution in [0.4, 0.5) is 0 Å². The molecule has 276 valence electrons. The average molecular weight is 757 g/mol. The summed E-state index contributed by atoms with van der Waals surface area (Å²) in [5.74, 6) is 0. The molecule has 0 fully saturated rings. The molecule has 0 radical (unpaired) electrons. The van der Waals surface area contributed by atoms with Gasteiger partial charge in [-0.2, -0.15) is 0 Å². The Morgan fingerprint density at radius 3 is 0.583 bits per heavy atom. The molecule has 0 atom stereocenters. The Labute approximate surface area is 348 Å². The van der Waals surface area contributed by atoms with Crippen LogP contribution in [0.15, 0.2) is 218 Å². The molecular formula is C60H36. The molecule has 0 unspecified atom stereocenters. The van der Waals surface area contributed by atoms with Crippen molar-refractivity contribution in [2.45, 2.75) is 0 Å². The molecule has 0 amide bonds. The highest BCUT2D eigenvalue weighted by molar-refractivity contribution is 6.26. The Kier molecular flexibility index (Phi) is 7.11. The molecule has 1 aliphatic rings. The Morgan fingerprint density at radius 1 is 0.167 bits per heavy atom. The third kappa shape index (κ3) is 4.86. The summed E-state index contributed by atoms with van der Waals surface area (Å²) in [6.07, 6.45) is 0. The smallest absolute Gasteiger partial charge is 0.00262 e. The summed E-state index contributed by atoms with van der Waals surface area (Å²) in [6.45, 7) is 0. The van der Waals surface area contributed by atoms with Crippen LogP contribution in [0.3, 0.4) is 0 Å². The predicted octanol–water partition coefficient (Wildman–Crippen LogP) is 16.9. The first kappa shape index (κ1) is 33.2. The van der Waals surface area contributed by atoms with E-state index in [4.69, 9.17) is 0 Å². The summed E-state index contributed by atoms with van der Waals surface area (Å²) >= 11 is 0. The number of hydrogen-bond acceptors (Lipinski definition) is 0. The van der Waals surface area contributed by atoms with Gasteiger partial charge < -0.3 is 0 Å². The first-order chi connectivity index (χ1) is 29.8. The summed E-state index contributed by atoms with van der Waals surface area (Å²) in [5, 5.41) is 15.3. The van der Waals surface area contributed by atoms with E-state index < -0.39 is 0 Å². The fraction of sp³-hybridized carbons (Fsp3) is 0. The molecule has 12 aromatic carbocycles. The third-order valence-electron chi connectivity index (χ3n) is 13.1. The molecule has 0 saturated carbocycles. The van der Waals surface area contributed by atoms with Gasteiger partial charge >= 0.3 is 0 Å². The van der Waals surface area contributed by atoms with Gasteiger partial charge in [0, 0.05) is 0 Å². The van der Waals surface area contributed by atoms with Crippen LogP contribution in [-0.2, 0) is 0 Å². The lowest BCUT2D eigenvalue weighted by atomic mass is 9.76. The molecule has 0 aromatic heterocycles. The van der Waals surface area contributed by atoms with E-state index in [1.54, 1.807) is 0 Å². The highest BCUT2D eigenvalue weighted by Crippen LogP contribution is 2.53. The molecule has 1 aliphatic carbocycles. The lowest BCUT2D eigenvalue weighted by molar-refractivity contribution is 1.58. The normalized spacial score (nSPS) is 12.0. The number of fused-ring (bicyclic) bond motifs is 10. The summed E-state index contributed by atoms with van der Waals surface area (Å²) in [6, 6.07) is 81.2. The van der Waals surface area contributed by atoms with Gasteiger partial charge in [-0.3, -0.25) is 0 Å². The summed E-state index contributed by atoms with van der Waals surface area (Å²) in [7, 11) is 0. The monoisotopic (exact) mass is 756 g/mol. The van der Waals surface area contributed by atoms with E-state index >= 15 is 0 Å². The van der Waals surface area contributed by atoms with Crippen molar-refractivity contribution in [3.63, 3.8) is 0 Å². The minimum atomic E-state index is 1.24. The van der Waals surface area contributed by atoms with Crippen LogP contribution in [0.2, 0.25) is 0 Å². The maximum Gasteiger partial charge on any atom is -0.00262 e. The van der Waals surface area contributed by atoms with Crippen molar-refractivity contribution in [2.75, 3.05) is 0 Å². The van der Waals surface area contributed by atoms with Crippen molar-refractivity contribution >= 4 is 64.6 Å². The molecule has 0 heteroatoms. The van der Waals surface area contributed by atoms with Crippen LogP contribution in [0.25, 0.3) is 131 Å². The van der Waals surface area contributed by atoms with Crippen molar-refractivity contribution in [1.29, 1.82) is 0 Å². The van der Waals surface area contributed by atoms with Gasteiger partial charge in [0.2, 0.25) is 0 Å². The Balaban J connectivity index is 1.08. The van der Waals surface area contributed by atoms with Crippen molar-refractivity contribution in [1.82, 2.24) is 0 Å². The average Bonchev–Trinajstić information content (AvgIpc) is 3.31.